The van der Waals surface area contributed by atoms with E-state index in [-0.39, 0.29) is 0 Å². The zero-order chi connectivity index (χ0) is 12.3. The molecule has 0 radical (unpaired) electrons. The number of phenolic OH excluding ortho intramolecular Hbond substituents is 1. The fourth-order valence-corrected chi connectivity index (χ4v) is 2.32. The highest BCUT2D eigenvalue weighted by Crippen LogP contribution is 2.20. The SMILES string of the molecule is Cc1cc(Br)cc(NCc2cccc(O)c2)c1. The number of hydrogen-bond acceptors (Lipinski definition) is 2. The first-order valence-electron chi connectivity index (χ1n) is 5.42. The van der Waals surface area contributed by atoms with Crippen LogP contribution in [0.1, 0.15) is 11.1 Å². The highest BCUT2D eigenvalue weighted by atomic mass is 79.9. The summed E-state index contributed by atoms with van der Waals surface area (Å²) >= 11 is 3.47. The van der Waals surface area contributed by atoms with E-state index >= 15 is 0 Å². The van der Waals surface area contributed by atoms with Crippen molar-refractivity contribution in [3.63, 3.8) is 0 Å². The van der Waals surface area contributed by atoms with Crippen molar-refractivity contribution in [3.05, 3.63) is 58.1 Å². The van der Waals surface area contributed by atoms with Crippen LogP contribution in [0.4, 0.5) is 5.69 Å². The monoisotopic (exact) mass is 291 g/mol. The van der Waals surface area contributed by atoms with Gasteiger partial charge in [-0.15, -0.1) is 0 Å². The molecule has 0 spiro atoms. The molecule has 17 heavy (non-hydrogen) atoms. The van der Waals surface area contributed by atoms with E-state index in [1.807, 2.05) is 18.2 Å². The molecule has 88 valence electrons. The molecule has 2 N–H and O–H groups in total. The summed E-state index contributed by atoms with van der Waals surface area (Å²) in [6, 6.07) is 13.5. The minimum absolute atomic E-state index is 0.301. The number of aromatic hydroxyl groups is 1. The smallest absolute Gasteiger partial charge is 0.115 e. The number of nitrogens with one attached hydrogen (secondary N) is 1. The van der Waals surface area contributed by atoms with Crippen molar-refractivity contribution in [2.75, 3.05) is 5.32 Å². The Labute approximate surface area is 109 Å². The third-order valence-corrected chi connectivity index (χ3v) is 2.91. The summed E-state index contributed by atoms with van der Waals surface area (Å²) in [5, 5.41) is 12.7. The van der Waals surface area contributed by atoms with Gasteiger partial charge in [-0.05, 0) is 48.4 Å². The molecule has 0 heterocycles. The van der Waals surface area contributed by atoms with E-state index < -0.39 is 0 Å². The Bertz CT molecular complexity index is 505. The van der Waals surface area contributed by atoms with Crippen LogP contribution in [0, 0.1) is 6.92 Å². The second-order valence-electron chi connectivity index (χ2n) is 4.04. The molecule has 0 aliphatic heterocycles. The number of anilines is 1. The molecule has 2 aromatic carbocycles. The number of phenols is 1. The van der Waals surface area contributed by atoms with Gasteiger partial charge in [0.2, 0.25) is 0 Å². The molecular formula is C14H14BrNO. The molecule has 2 nitrogen and oxygen atoms in total. The maximum absolute atomic E-state index is 9.36. The summed E-state index contributed by atoms with van der Waals surface area (Å²) in [5.74, 6) is 0.301. The maximum Gasteiger partial charge on any atom is 0.115 e. The number of rotatable bonds is 3. The lowest BCUT2D eigenvalue weighted by atomic mass is 10.2. The van der Waals surface area contributed by atoms with Crippen LogP contribution in [-0.2, 0) is 6.54 Å². The Morgan fingerprint density at radius 3 is 2.71 bits per heavy atom. The molecule has 0 atom stereocenters. The van der Waals surface area contributed by atoms with Crippen molar-refractivity contribution in [2.45, 2.75) is 13.5 Å². The van der Waals surface area contributed by atoms with Gasteiger partial charge in [0.15, 0.2) is 0 Å². The van der Waals surface area contributed by atoms with Gasteiger partial charge < -0.3 is 10.4 Å². The van der Waals surface area contributed by atoms with Gasteiger partial charge in [-0.2, -0.15) is 0 Å². The third-order valence-electron chi connectivity index (χ3n) is 2.45. The largest absolute Gasteiger partial charge is 0.508 e. The van der Waals surface area contributed by atoms with Gasteiger partial charge in [0.05, 0.1) is 0 Å². The maximum atomic E-state index is 9.36. The fraction of sp³-hybridized carbons (Fsp3) is 0.143. The van der Waals surface area contributed by atoms with Crippen LogP contribution in [0.5, 0.6) is 5.75 Å². The normalized spacial score (nSPS) is 10.2. The van der Waals surface area contributed by atoms with E-state index in [1.165, 1.54) is 5.56 Å². The van der Waals surface area contributed by atoms with Crippen molar-refractivity contribution in [2.24, 2.45) is 0 Å². The number of hydrogen-bond donors (Lipinski definition) is 2. The zero-order valence-electron chi connectivity index (χ0n) is 9.57. The summed E-state index contributed by atoms with van der Waals surface area (Å²) in [4.78, 5) is 0. The van der Waals surface area contributed by atoms with Crippen molar-refractivity contribution in [3.8, 4) is 5.75 Å². The lowest BCUT2D eigenvalue weighted by molar-refractivity contribution is 0.474. The van der Waals surface area contributed by atoms with Crippen LogP contribution in [0.2, 0.25) is 0 Å². The highest BCUT2D eigenvalue weighted by molar-refractivity contribution is 9.10. The zero-order valence-corrected chi connectivity index (χ0v) is 11.2. The van der Waals surface area contributed by atoms with Crippen LogP contribution in [0.25, 0.3) is 0 Å². The van der Waals surface area contributed by atoms with Crippen LogP contribution in [-0.4, -0.2) is 5.11 Å². The van der Waals surface area contributed by atoms with E-state index in [4.69, 9.17) is 0 Å². The Morgan fingerprint density at radius 2 is 2.00 bits per heavy atom. The molecule has 0 saturated carbocycles. The molecule has 0 aromatic heterocycles. The highest BCUT2D eigenvalue weighted by Gasteiger charge is 1.98. The summed E-state index contributed by atoms with van der Waals surface area (Å²) in [7, 11) is 0. The predicted molar refractivity (Wildman–Crippen MR) is 74.3 cm³/mol. The second kappa shape index (κ2) is 5.23. The van der Waals surface area contributed by atoms with E-state index in [0.717, 1.165) is 15.7 Å². The Balaban J connectivity index is 2.07. The van der Waals surface area contributed by atoms with Gasteiger partial charge in [0.1, 0.15) is 5.75 Å². The summed E-state index contributed by atoms with van der Waals surface area (Å²) in [6.45, 7) is 2.76. The van der Waals surface area contributed by atoms with Crippen LogP contribution in [0.15, 0.2) is 46.9 Å². The minimum Gasteiger partial charge on any atom is -0.508 e. The van der Waals surface area contributed by atoms with Gasteiger partial charge in [-0.1, -0.05) is 28.1 Å². The molecule has 2 rings (SSSR count). The average Bonchev–Trinajstić information content (AvgIpc) is 2.25. The summed E-state index contributed by atoms with van der Waals surface area (Å²) < 4.78 is 1.07. The second-order valence-corrected chi connectivity index (χ2v) is 4.96. The summed E-state index contributed by atoms with van der Waals surface area (Å²) in [6.07, 6.45) is 0. The van der Waals surface area contributed by atoms with E-state index in [0.29, 0.717) is 12.3 Å². The number of halogens is 1. The minimum atomic E-state index is 0.301. The Hall–Kier alpha value is -1.48. The predicted octanol–water partition coefficient (Wildman–Crippen LogP) is 4.08. The van der Waals surface area contributed by atoms with Crippen LogP contribution >= 0.6 is 15.9 Å². The van der Waals surface area contributed by atoms with Crippen LogP contribution in [0.3, 0.4) is 0 Å². The number of aryl methyl sites for hydroxylation is 1. The van der Waals surface area contributed by atoms with Gasteiger partial charge in [0.25, 0.3) is 0 Å². The quantitative estimate of drug-likeness (QED) is 0.893. The average molecular weight is 292 g/mol. The van der Waals surface area contributed by atoms with E-state index in [2.05, 4.69) is 40.3 Å². The van der Waals surface area contributed by atoms with Crippen molar-refractivity contribution in [1.82, 2.24) is 0 Å². The summed E-state index contributed by atoms with van der Waals surface area (Å²) in [5.41, 5.74) is 3.33. The van der Waals surface area contributed by atoms with Crippen molar-refractivity contribution in [1.29, 1.82) is 0 Å². The first-order valence-corrected chi connectivity index (χ1v) is 6.22. The molecular weight excluding hydrogens is 278 g/mol. The molecule has 0 bridgehead atoms. The topological polar surface area (TPSA) is 32.3 Å². The third kappa shape index (κ3) is 3.49. The lowest BCUT2D eigenvalue weighted by Crippen LogP contribution is -1.99. The Morgan fingerprint density at radius 1 is 1.18 bits per heavy atom. The van der Waals surface area contributed by atoms with E-state index in [9.17, 15) is 5.11 Å². The van der Waals surface area contributed by atoms with Crippen LogP contribution < -0.4 is 5.32 Å². The molecule has 3 heteroatoms. The molecule has 2 aromatic rings. The Kier molecular flexibility index (Phi) is 3.69. The van der Waals surface area contributed by atoms with Gasteiger partial charge in [-0.3, -0.25) is 0 Å². The number of benzene rings is 2. The van der Waals surface area contributed by atoms with Gasteiger partial charge in [-0.25, -0.2) is 0 Å². The van der Waals surface area contributed by atoms with Crippen molar-refractivity contribution < 1.29 is 5.11 Å². The van der Waals surface area contributed by atoms with Gasteiger partial charge in [0, 0.05) is 16.7 Å². The molecule has 0 aliphatic rings. The van der Waals surface area contributed by atoms with E-state index in [1.54, 1.807) is 12.1 Å². The molecule has 0 aliphatic carbocycles. The lowest BCUT2D eigenvalue weighted by Gasteiger charge is -2.08. The van der Waals surface area contributed by atoms with Gasteiger partial charge >= 0.3 is 0 Å². The standard InChI is InChI=1S/C14H14BrNO/c1-10-5-12(15)8-13(6-10)16-9-11-3-2-4-14(17)7-11/h2-8,16-17H,9H2,1H3. The fourth-order valence-electron chi connectivity index (χ4n) is 1.71. The molecule has 0 saturated heterocycles. The van der Waals surface area contributed by atoms with Crippen molar-refractivity contribution >= 4 is 21.6 Å². The molecule has 0 amide bonds. The first kappa shape index (κ1) is 12.0. The molecule has 0 fully saturated rings. The first-order chi connectivity index (χ1) is 8.13. The molecule has 0 unspecified atom stereocenters.